The molecular weight excluding hydrogens is 268 g/mol. The van der Waals surface area contributed by atoms with Gasteiger partial charge in [-0.2, -0.15) is 0 Å². The third-order valence-electron chi connectivity index (χ3n) is 3.87. The Bertz CT molecular complexity index is 478. The van der Waals surface area contributed by atoms with Crippen LogP contribution >= 0.6 is 0 Å². The molecule has 21 heavy (non-hydrogen) atoms. The van der Waals surface area contributed by atoms with Gasteiger partial charge in [0.25, 0.3) is 0 Å². The molecule has 5 nitrogen and oxygen atoms in total. The summed E-state index contributed by atoms with van der Waals surface area (Å²) in [6, 6.07) is 8.21. The zero-order valence-electron chi connectivity index (χ0n) is 12.7. The molecule has 1 aliphatic rings. The molecule has 0 radical (unpaired) electrons. The molecule has 0 aromatic heterocycles. The lowest BCUT2D eigenvalue weighted by Gasteiger charge is -2.34. The van der Waals surface area contributed by atoms with Crippen LogP contribution in [0, 0.1) is 0 Å². The lowest BCUT2D eigenvalue weighted by Crippen LogP contribution is -2.42. The molecule has 1 aromatic carbocycles. The second kappa shape index (κ2) is 7.43. The topological polar surface area (TPSA) is 61.8 Å². The van der Waals surface area contributed by atoms with Crippen LogP contribution in [0.5, 0.6) is 0 Å². The van der Waals surface area contributed by atoms with Gasteiger partial charge in [-0.15, -0.1) is 0 Å². The number of amides is 1. The summed E-state index contributed by atoms with van der Waals surface area (Å²) in [6.07, 6.45) is 0.769. The quantitative estimate of drug-likeness (QED) is 0.833. The third-order valence-corrected chi connectivity index (χ3v) is 3.87. The Balaban J connectivity index is 2.20. The van der Waals surface area contributed by atoms with Crippen molar-refractivity contribution in [2.45, 2.75) is 25.3 Å². The summed E-state index contributed by atoms with van der Waals surface area (Å²) in [5.74, 6) is -0.0808. The lowest BCUT2D eigenvalue weighted by molar-refractivity contribution is -0.134. The van der Waals surface area contributed by atoms with Gasteiger partial charge < -0.3 is 20.1 Å². The number of nitrogens with zero attached hydrogens (tertiary/aromatic N) is 1. The minimum absolute atomic E-state index is 0.0301. The molecule has 2 rings (SSSR count). The van der Waals surface area contributed by atoms with E-state index in [0.717, 1.165) is 17.7 Å². The Morgan fingerprint density at radius 2 is 2.19 bits per heavy atom. The van der Waals surface area contributed by atoms with Gasteiger partial charge in [0.2, 0.25) is 5.91 Å². The predicted octanol–water partition coefficient (Wildman–Crippen LogP) is 1.44. The molecule has 0 fully saturated rings. The number of benzene rings is 1. The maximum absolute atomic E-state index is 12.8. The van der Waals surface area contributed by atoms with Crippen molar-refractivity contribution in [1.29, 1.82) is 0 Å². The molecular formula is C16H24N2O3. The molecule has 1 aromatic rings. The summed E-state index contributed by atoms with van der Waals surface area (Å²) >= 11 is 0. The van der Waals surface area contributed by atoms with Gasteiger partial charge in [-0.05, 0) is 25.0 Å². The van der Waals surface area contributed by atoms with E-state index >= 15 is 0 Å². The predicted molar refractivity (Wildman–Crippen MR) is 82.4 cm³/mol. The van der Waals surface area contributed by atoms with Gasteiger partial charge in [-0.25, -0.2) is 0 Å². The normalized spacial score (nSPS) is 20.5. The van der Waals surface area contributed by atoms with Crippen molar-refractivity contribution in [1.82, 2.24) is 4.90 Å². The molecule has 2 unspecified atom stereocenters. The molecule has 2 N–H and O–H groups in total. The zero-order chi connectivity index (χ0) is 15.2. The second-order valence-corrected chi connectivity index (χ2v) is 5.46. The van der Waals surface area contributed by atoms with Crippen LogP contribution < -0.4 is 5.32 Å². The smallest absolute Gasteiger partial charge is 0.230 e. The Morgan fingerprint density at radius 3 is 2.90 bits per heavy atom. The van der Waals surface area contributed by atoms with Crippen LogP contribution in [0.15, 0.2) is 24.3 Å². The molecule has 0 bridgehead atoms. The highest BCUT2D eigenvalue weighted by atomic mass is 16.5. The van der Waals surface area contributed by atoms with Crippen LogP contribution in [0.3, 0.4) is 0 Å². The van der Waals surface area contributed by atoms with Crippen molar-refractivity contribution in [3.63, 3.8) is 0 Å². The molecule has 1 amide bonds. The van der Waals surface area contributed by atoms with E-state index in [1.807, 2.05) is 24.3 Å². The lowest BCUT2D eigenvalue weighted by atomic mass is 9.86. The summed E-state index contributed by atoms with van der Waals surface area (Å²) in [4.78, 5) is 14.5. The van der Waals surface area contributed by atoms with Crippen molar-refractivity contribution < 1.29 is 14.6 Å². The Labute approximate surface area is 125 Å². The highest BCUT2D eigenvalue weighted by molar-refractivity contribution is 5.86. The number of hydrogen-bond acceptors (Lipinski definition) is 4. The van der Waals surface area contributed by atoms with E-state index in [-0.39, 0.29) is 24.5 Å². The fraction of sp³-hybridized carbons (Fsp3) is 0.562. The summed E-state index contributed by atoms with van der Waals surface area (Å²) in [7, 11) is 1.61. The minimum Gasteiger partial charge on any atom is -0.395 e. The van der Waals surface area contributed by atoms with Gasteiger partial charge in [0, 0.05) is 31.9 Å². The number of aliphatic hydroxyl groups excluding tert-OH is 1. The molecule has 0 saturated heterocycles. The minimum atomic E-state index is -0.152. The SMILES string of the molecule is COCCN(CCO)C(=O)C1CC(C)Nc2ccccc21. The molecule has 0 saturated carbocycles. The number of carbonyl (C=O) groups is 1. The van der Waals surface area contributed by atoms with Crippen molar-refractivity contribution in [2.24, 2.45) is 0 Å². The van der Waals surface area contributed by atoms with Gasteiger partial charge in [0.05, 0.1) is 19.1 Å². The number of ether oxygens (including phenoxy) is 1. The van der Waals surface area contributed by atoms with E-state index in [9.17, 15) is 9.90 Å². The molecule has 2 atom stereocenters. The number of fused-ring (bicyclic) bond motifs is 1. The third kappa shape index (κ3) is 3.74. The highest BCUT2D eigenvalue weighted by Gasteiger charge is 2.32. The largest absolute Gasteiger partial charge is 0.395 e. The van der Waals surface area contributed by atoms with Crippen LogP contribution in [0.25, 0.3) is 0 Å². The van der Waals surface area contributed by atoms with Gasteiger partial charge in [0.15, 0.2) is 0 Å². The monoisotopic (exact) mass is 292 g/mol. The van der Waals surface area contributed by atoms with Gasteiger partial charge in [-0.1, -0.05) is 18.2 Å². The van der Waals surface area contributed by atoms with Crippen LogP contribution in [-0.4, -0.2) is 55.4 Å². The average molecular weight is 292 g/mol. The Morgan fingerprint density at radius 1 is 1.43 bits per heavy atom. The van der Waals surface area contributed by atoms with E-state index < -0.39 is 0 Å². The number of nitrogens with one attached hydrogen (secondary N) is 1. The number of methoxy groups -OCH3 is 1. The first-order valence-corrected chi connectivity index (χ1v) is 7.41. The number of rotatable bonds is 6. The number of hydrogen-bond donors (Lipinski definition) is 2. The van der Waals surface area contributed by atoms with Gasteiger partial charge in [-0.3, -0.25) is 4.79 Å². The Hall–Kier alpha value is -1.59. The van der Waals surface area contributed by atoms with E-state index in [0.29, 0.717) is 19.7 Å². The Kier molecular flexibility index (Phi) is 5.59. The highest BCUT2D eigenvalue weighted by Crippen LogP contribution is 2.35. The number of aliphatic hydroxyl groups is 1. The molecule has 1 aliphatic heterocycles. The summed E-state index contributed by atoms with van der Waals surface area (Å²) in [5, 5.41) is 12.6. The molecule has 5 heteroatoms. The van der Waals surface area contributed by atoms with E-state index in [1.54, 1.807) is 12.0 Å². The van der Waals surface area contributed by atoms with Crippen molar-refractivity contribution >= 4 is 11.6 Å². The van der Waals surface area contributed by atoms with E-state index in [2.05, 4.69) is 12.2 Å². The van der Waals surface area contributed by atoms with Crippen molar-refractivity contribution in [3.8, 4) is 0 Å². The first kappa shape index (κ1) is 15.8. The second-order valence-electron chi connectivity index (χ2n) is 5.46. The number of anilines is 1. The van der Waals surface area contributed by atoms with E-state index in [1.165, 1.54) is 0 Å². The fourth-order valence-electron chi connectivity index (χ4n) is 2.85. The van der Waals surface area contributed by atoms with Crippen molar-refractivity contribution in [2.75, 3.05) is 38.7 Å². The summed E-state index contributed by atoms with van der Waals surface area (Å²) < 4.78 is 5.06. The zero-order valence-corrected chi connectivity index (χ0v) is 12.7. The molecule has 116 valence electrons. The van der Waals surface area contributed by atoms with Gasteiger partial charge in [0.1, 0.15) is 0 Å². The van der Waals surface area contributed by atoms with Gasteiger partial charge >= 0.3 is 0 Å². The first-order valence-electron chi connectivity index (χ1n) is 7.41. The summed E-state index contributed by atoms with van der Waals surface area (Å²) in [5.41, 5.74) is 2.08. The maximum Gasteiger partial charge on any atom is 0.230 e. The standard InChI is InChI=1S/C16H24N2O3/c1-12-11-14(13-5-3-4-6-15(13)17-12)16(20)18(7-9-19)8-10-21-2/h3-6,12,14,17,19H,7-11H2,1-2H3. The van der Waals surface area contributed by atoms with Crippen molar-refractivity contribution in [3.05, 3.63) is 29.8 Å². The van der Waals surface area contributed by atoms with Crippen LogP contribution in [0.2, 0.25) is 0 Å². The van der Waals surface area contributed by atoms with E-state index in [4.69, 9.17) is 4.74 Å². The van der Waals surface area contributed by atoms with Crippen LogP contribution in [-0.2, 0) is 9.53 Å². The number of carbonyl (C=O) groups excluding carboxylic acids is 1. The molecule has 0 spiro atoms. The summed E-state index contributed by atoms with van der Waals surface area (Å²) in [6.45, 7) is 3.40. The van der Waals surface area contributed by atoms with Crippen LogP contribution in [0.1, 0.15) is 24.8 Å². The fourth-order valence-corrected chi connectivity index (χ4v) is 2.85. The van der Waals surface area contributed by atoms with Crippen LogP contribution in [0.4, 0.5) is 5.69 Å². The first-order chi connectivity index (χ1) is 10.2. The molecule has 0 aliphatic carbocycles. The maximum atomic E-state index is 12.8. The number of para-hydroxylation sites is 1. The average Bonchev–Trinajstić information content (AvgIpc) is 2.50. The molecule has 1 heterocycles.